The van der Waals surface area contributed by atoms with E-state index >= 15 is 0 Å². The quantitative estimate of drug-likeness (QED) is 0.0799. The maximum Gasteiger partial charge on any atom is 0.185 e. The fourth-order valence-electron chi connectivity index (χ4n) is 4.59. The number of aliphatic hydroxyl groups is 1. The van der Waals surface area contributed by atoms with Crippen LogP contribution in [0.15, 0.2) is 85.5 Å². The van der Waals surface area contributed by atoms with Gasteiger partial charge in [-0.25, -0.2) is 18.4 Å². The molecule has 1 atom stereocenters. The fraction of sp³-hybridized carbons (Fsp3) is 0.324. The molecule has 1 unspecified atom stereocenters. The predicted molar refractivity (Wildman–Crippen MR) is 161 cm³/mol. The Labute approximate surface area is 250 Å². The number of carbonyl (C=O) groups is 1. The molecule has 1 N–H and O–H groups in total. The average Bonchev–Trinajstić information content (AvgIpc) is 3.52. The molecule has 0 aliphatic carbocycles. The van der Waals surface area contributed by atoms with Crippen LogP contribution in [-0.4, -0.2) is 38.9 Å². The van der Waals surface area contributed by atoms with E-state index in [1.165, 1.54) is 61.6 Å². The van der Waals surface area contributed by atoms with Gasteiger partial charge in [0.15, 0.2) is 5.78 Å². The molecule has 0 saturated heterocycles. The van der Waals surface area contributed by atoms with Gasteiger partial charge in [-0.3, -0.25) is 4.79 Å². The van der Waals surface area contributed by atoms with Gasteiger partial charge in [0.25, 0.3) is 0 Å². The van der Waals surface area contributed by atoms with Gasteiger partial charge in [-0.1, -0.05) is 63.3 Å². The normalized spacial score (nSPS) is 12.7. The molecule has 0 fully saturated rings. The highest BCUT2D eigenvalue weighted by atomic mass is 19.1. The van der Waals surface area contributed by atoms with Crippen LogP contribution in [0.4, 0.5) is 8.78 Å². The molecule has 0 amide bonds. The summed E-state index contributed by atoms with van der Waals surface area (Å²) in [6.45, 7) is 2.37. The van der Waals surface area contributed by atoms with Crippen molar-refractivity contribution in [2.45, 2.75) is 57.6 Å². The molecular weight excluding hydrogens is 552 g/mol. The standard InChI is InChI=1S/C34H37F2N3O4/c1-2-3-4-5-6-7-20-42-29-14-8-26(9-15-29)10-19-33(40)27-11-16-30(17-12-27)43-23-34(41,22-39-25-37-24-38-39)31-18-13-28(35)21-32(31)36/h8-19,21,24-25,41H,2-7,20,22-23H2,1H3. The number of hydrogen-bond donors (Lipinski definition) is 1. The van der Waals surface area contributed by atoms with Crippen LogP contribution >= 0.6 is 0 Å². The Morgan fingerprint density at radius 1 is 0.930 bits per heavy atom. The highest BCUT2D eigenvalue weighted by Crippen LogP contribution is 2.28. The molecule has 0 bridgehead atoms. The molecule has 1 heterocycles. The number of ether oxygens (including phenoxy) is 2. The monoisotopic (exact) mass is 589 g/mol. The first-order valence-corrected chi connectivity index (χ1v) is 14.5. The highest BCUT2D eigenvalue weighted by Gasteiger charge is 2.34. The first-order valence-electron chi connectivity index (χ1n) is 14.5. The molecule has 0 radical (unpaired) electrons. The maximum absolute atomic E-state index is 14.6. The van der Waals surface area contributed by atoms with Crippen LogP contribution < -0.4 is 9.47 Å². The van der Waals surface area contributed by atoms with Gasteiger partial charge in [0, 0.05) is 17.2 Å². The van der Waals surface area contributed by atoms with Crippen molar-refractivity contribution in [1.82, 2.24) is 14.8 Å². The van der Waals surface area contributed by atoms with Crippen LogP contribution in [0.1, 0.15) is 66.9 Å². The summed E-state index contributed by atoms with van der Waals surface area (Å²) < 4.78 is 41.0. The zero-order valence-electron chi connectivity index (χ0n) is 24.3. The van der Waals surface area contributed by atoms with Gasteiger partial charge in [0.1, 0.15) is 48.0 Å². The van der Waals surface area contributed by atoms with Gasteiger partial charge in [-0.15, -0.1) is 0 Å². The Hall–Kier alpha value is -4.37. The van der Waals surface area contributed by atoms with E-state index in [0.29, 0.717) is 24.0 Å². The third-order valence-corrected chi connectivity index (χ3v) is 7.01. The van der Waals surface area contributed by atoms with E-state index in [0.717, 1.165) is 23.8 Å². The van der Waals surface area contributed by atoms with Crippen molar-refractivity contribution in [2.75, 3.05) is 13.2 Å². The van der Waals surface area contributed by atoms with Gasteiger partial charge in [-0.2, -0.15) is 5.10 Å². The maximum atomic E-state index is 14.6. The third kappa shape index (κ3) is 9.58. The first kappa shape index (κ1) is 31.6. The first-order chi connectivity index (χ1) is 20.9. The van der Waals surface area contributed by atoms with Gasteiger partial charge in [-0.05, 0) is 60.5 Å². The lowest BCUT2D eigenvalue weighted by atomic mass is 9.94. The molecule has 7 nitrogen and oxygen atoms in total. The Kier molecular flexibility index (Phi) is 11.6. The van der Waals surface area contributed by atoms with E-state index in [2.05, 4.69) is 17.0 Å². The lowest BCUT2D eigenvalue weighted by Crippen LogP contribution is -2.39. The number of halogens is 2. The number of aromatic nitrogens is 3. The number of carbonyl (C=O) groups excluding carboxylic acids is 1. The Morgan fingerprint density at radius 3 is 2.33 bits per heavy atom. The summed E-state index contributed by atoms with van der Waals surface area (Å²) >= 11 is 0. The van der Waals surface area contributed by atoms with Crippen LogP contribution in [0, 0.1) is 11.6 Å². The Bertz CT molecular complexity index is 1460. The van der Waals surface area contributed by atoms with Crippen LogP contribution in [-0.2, 0) is 12.1 Å². The molecule has 4 aromatic rings. The van der Waals surface area contributed by atoms with Crippen molar-refractivity contribution in [3.05, 3.63) is 114 Å². The van der Waals surface area contributed by atoms with E-state index in [1.54, 1.807) is 30.3 Å². The average molecular weight is 590 g/mol. The van der Waals surface area contributed by atoms with Crippen LogP contribution in [0.2, 0.25) is 0 Å². The molecule has 226 valence electrons. The number of nitrogens with zero attached hydrogens (tertiary/aromatic N) is 3. The molecule has 43 heavy (non-hydrogen) atoms. The van der Waals surface area contributed by atoms with Gasteiger partial charge < -0.3 is 14.6 Å². The van der Waals surface area contributed by atoms with Crippen molar-refractivity contribution in [3.63, 3.8) is 0 Å². The van der Waals surface area contributed by atoms with Crippen molar-refractivity contribution < 1.29 is 28.2 Å². The SMILES string of the molecule is CCCCCCCCOc1ccc(C=CC(=O)c2ccc(OCC(O)(Cn3cncn3)c3ccc(F)cc3F)cc2)cc1. The zero-order valence-corrected chi connectivity index (χ0v) is 24.3. The molecule has 0 spiro atoms. The number of unbranched alkanes of at least 4 members (excludes halogenated alkanes) is 5. The van der Waals surface area contributed by atoms with Crippen molar-refractivity contribution in [1.29, 1.82) is 0 Å². The molecule has 9 heteroatoms. The van der Waals surface area contributed by atoms with Gasteiger partial charge in [0.05, 0.1) is 13.2 Å². The molecule has 3 aromatic carbocycles. The van der Waals surface area contributed by atoms with E-state index < -0.39 is 17.2 Å². The zero-order chi connectivity index (χ0) is 30.5. The van der Waals surface area contributed by atoms with Crippen LogP contribution in [0.25, 0.3) is 6.08 Å². The number of rotatable bonds is 17. The molecule has 0 aliphatic heterocycles. The summed E-state index contributed by atoms with van der Waals surface area (Å²) in [6, 6.07) is 16.9. The topological polar surface area (TPSA) is 86.5 Å². The minimum atomic E-state index is -1.88. The van der Waals surface area contributed by atoms with Gasteiger partial charge >= 0.3 is 0 Å². The minimum Gasteiger partial charge on any atom is -0.494 e. The van der Waals surface area contributed by atoms with Crippen molar-refractivity contribution in [3.8, 4) is 11.5 Å². The summed E-state index contributed by atoms with van der Waals surface area (Å²) in [6.07, 6.45) is 13.2. The van der Waals surface area contributed by atoms with E-state index in [9.17, 15) is 18.7 Å². The fourth-order valence-corrected chi connectivity index (χ4v) is 4.59. The number of allylic oxidation sites excluding steroid dienone is 1. The second-order valence-corrected chi connectivity index (χ2v) is 10.4. The lowest BCUT2D eigenvalue weighted by molar-refractivity contribution is -0.0297. The van der Waals surface area contributed by atoms with Crippen LogP contribution in [0.5, 0.6) is 11.5 Å². The second-order valence-electron chi connectivity index (χ2n) is 10.4. The third-order valence-electron chi connectivity index (χ3n) is 7.01. The highest BCUT2D eigenvalue weighted by molar-refractivity contribution is 6.06. The van der Waals surface area contributed by atoms with E-state index in [1.807, 2.05) is 24.3 Å². The van der Waals surface area contributed by atoms with Crippen LogP contribution in [0.3, 0.4) is 0 Å². The number of benzene rings is 3. The molecular formula is C34H37F2N3O4. The largest absolute Gasteiger partial charge is 0.494 e. The summed E-state index contributed by atoms with van der Waals surface area (Å²) in [5.41, 5.74) is -0.694. The molecule has 4 rings (SSSR count). The van der Waals surface area contributed by atoms with Crippen molar-refractivity contribution in [2.24, 2.45) is 0 Å². The summed E-state index contributed by atoms with van der Waals surface area (Å²) in [5, 5.41) is 15.3. The molecule has 0 aliphatic rings. The molecule has 1 aromatic heterocycles. The number of ketones is 1. The smallest absolute Gasteiger partial charge is 0.185 e. The Balaban J connectivity index is 1.30. The molecule has 0 saturated carbocycles. The summed E-state index contributed by atoms with van der Waals surface area (Å²) in [4.78, 5) is 16.6. The summed E-state index contributed by atoms with van der Waals surface area (Å²) in [5.74, 6) is -0.690. The predicted octanol–water partition coefficient (Wildman–Crippen LogP) is 7.16. The van der Waals surface area contributed by atoms with E-state index in [-0.39, 0.29) is 24.5 Å². The Morgan fingerprint density at radius 2 is 1.63 bits per heavy atom. The van der Waals surface area contributed by atoms with Gasteiger partial charge in [0.2, 0.25) is 0 Å². The second kappa shape index (κ2) is 15.7. The number of hydrogen-bond acceptors (Lipinski definition) is 6. The van der Waals surface area contributed by atoms with E-state index in [4.69, 9.17) is 9.47 Å². The lowest BCUT2D eigenvalue weighted by Gasteiger charge is -2.29. The minimum absolute atomic E-state index is 0.140. The van der Waals surface area contributed by atoms with Crippen molar-refractivity contribution >= 4 is 11.9 Å². The summed E-state index contributed by atoms with van der Waals surface area (Å²) in [7, 11) is 0.